The van der Waals surface area contributed by atoms with E-state index in [4.69, 9.17) is 9.47 Å². The van der Waals surface area contributed by atoms with Gasteiger partial charge in [0.25, 0.3) is 11.8 Å². The van der Waals surface area contributed by atoms with Crippen molar-refractivity contribution >= 4 is 29.5 Å². The molecule has 0 bridgehead atoms. The fourth-order valence-electron chi connectivity index (χ4n) is 5.10. The smallest absolute Gasteiger partial charge is 0.417 e. The molecule has 0 spiro atoms. The van der Waals surface area contributed by atoms with Crippen LogP contribution >= 0.6 is 0 Å². The molecule has 10 nitrogen and oxygen atoms in total. The molecule has 0 radical (unpaired) electrons. The lowest BCUT2D eigenvalue weighted by molar-refractivity contribution is -0.138. The summed E-state index contributed by atoms with van der Waals surface area (Å²) in [4.78, 5) is 55.6. The molecule has 2 heterocycles. The summed E-state index contributed by atoms with van der Waals surface area (Å²) in [5.74, 6) is -1.83. The molecule has 1 aromatic carbocycles. The zero-order valence-corrected chi connectivity index (χ0v) is 25.3. The van der Waals surface area contributed by atoms with E-state index in [1.807, 2.05) is 0 Å². The molecule has 0 aliphatic carbocycles. The molecule has 1 atom stereocenters. The number of alkyl halides is 3. The lowest BCUT2D eigenvalue weighted by atomic mass is 9.97. The summed E-state index contributed by atoms with van der Waals surface area (Å²) >= 11 is 0. The highest BCUT2D eigenvalue weighted by Gasteiger charge is 2.45. The van der Waals surface area contributed by atoms with Crippen molar-refractivity contribution in [1.29, 1.82) is 0 Å². The standard InChI is InChI=1S/C29H41F3N4O6/c1-8-23(37)33-12-14-36-21-15-19(20(29(30,31)32)16-22(21)41-28(6,7)25(36)39)24(38)35(9-2)18-11-10-13-34(17-18)26(40)42-27(3,4)5/h15-16,18H,8-14,17H2,1-7H3,(H,33,37)/t18-/m1/s1. The maximum atomic E-state index is 14.4. The van der Waals surface area contributed by atoms with Crippen molar-refractivity contribution in [2.45, 2.75) is 91.1 Å². The minimum Gasteiger partial charge on any atom is -0.476 e. The number of nitrogens with zero attached hydrogens (tertiary/aromatic N) is 3. The van der Waals surface area contributed by atoms with Crippen LogP contribution in [0.1, 0.15) is 83.7 Å². The number of ether oxygens (including phenoxy) is 2. The average Bonchev–Trinajstić information content (AvgIpc) is 2.89. The van der Waals surface area contributed by atoms with Gasteiger partial charge < -0.3 is 29.5 Å². The molecule has 4 amide bonds. The van der Waals surface area contributed by atoms with Gasteiger partial charge in [-0.3, -0.25) is 14.4 Å². The van der Waals surface area contributed by atoms with Crippen molar-refractivity contribution in [1.82, 2.24) is 15.1 Å². The number of hydrogen-bond acceptors (Lipinski definition) is 6. The Labute approximate surface area is 244 Å². The highest BCUT2D eigenvalue weighted by molar-refractivity contribution is 6.05. The van der Waals surface area contributed by atoms with Crippen molar-refractivity contribution in [3.8, 4) is 5.75 Å². The Balaban J connectivity index is 2.01. The normalized spacial score (nSPS) is 18.6. The Hall–Kier alpha value is -3.51. The van der Waals surface area contributed by atoms with Crippen LogP contribution in [0, 0.1) is 0 Å². The number of likely N-dealkylation sites (N-methyl/N-ethyl adjacent to an activating group) is 1. The molecule has 1 aromatic rings. The maximum absolute atomic E-state index is 14.4. The van der Waals surface area contributed by atoms with Crippen LogP contribution in [0.3, 0.4) is 0 Å². The molecule has 42 heavy (non-hydrogen) atoms. The fraction of sp³-hybridized carbons (Fsp3) is 0.655. The van der Waals surface area contributed by atoms with E-state index in [1.54, 1.807) is 34.6 Å². The van der Waals surface area contributed by atoms with Crippen LogP contribution < -0.4 is 15.0 Å². The number of piperidine rings is 1. The summed E-state index contributed by atoms with van der Waals surface area (Å²) in [5.41, 5.74) is -4.01. The van der Waals surface area contributed by atoms with E-state index in [0.717, 1.165) is 12.1 Å². The summed E-state index contributed by atoms with van der Waals surface area (Å²) in [5, 5.41) is 2.66. The SMILES string of the molecule is CCC(=O)NCCN1C(=O)C(C)(C)Oc2cc(C(F)(F)F)c(C(=O)N(CC)[C@@H]3CCCN(C(=O)OC(C)(C)C)C3)cc21. The molecule has 2 aliphatic heterocycles. The van der Waals surface area contributed by atoms with Crippen LogP contribution in [0.25, 0.3) is 0 Å². The number of anilines is 1. The number of halogens is 3. The molecule has 1 N–H and O–H groups in total. The molecule has 3 rings (SSSR count). The highest BCUT2D eigenvalue weighted by Crippen LogP contribution is 2.44. The molecular formula is C29H41F3N4O6. The third-order valence-corrected chi connectivity index (χ3v) is 7.12. The second-order valence-electron chi connectivity index (χ2n) is 11.9. The molecule has 0 aromatic heterocycles. The van der Waals surface area contributed by atoms with Crippen molar-refractivity contribution in [2.75, 3.05) is 37.6 Å². The molecule has 0 unspecified atom stereocenters. The summed E-state index contributed by atoms with van der Waals surface area (Å²) in [6, 6.07) is 1.26. The minimum atomic E-state index is -4.90. The van der Waals surface area contributed by atoms with Crippen LogP contribution in [-0.4, -0.2) is 83.6 Å². The van der Waals surface area contributed by atoms with Gasteiger partial charge in [-0.25, -0.2) is 4.79 Å². The average molecular weight is 599 g/mol. The first-order valence-electron chi connectivity index (χ1n) is 14.2. The quantitative estimate of drug-likeness (QED) is 0.492. The molecular weight excluding hydrogens is 557 g/mol. The second kappa shape index (κ2) is 12.4. The Bertz CT molecular complexity index is 1210. The van der Waals surface area contributed by atoms with Gasteiger partial charge in [0.15, 0.2) is 5.60 Å². The maximum Gasteiger partial charge on any atom is 0.417 e. The van der Waals surface area contributed by atoms with Crippen molar-refractivity contribution in [2.24, 2.45) is 0 Å². The lowest BCUT2D eigenvalue weighted by Crippen LogP contribution is -2.54. The molecule has 2 aliphatic rings. The number of rotatable bonds is 7. The van der Waals surface area contributed by atoms with Crippen LogP contribution in [0.2, 0.25) is 0 Å². The number of fused-ring (bicyclic) bond motifs is 1. The first kappa shape index (κ1) is 33.0. The van der Waals surface area contributed by atoms with Crippen LogP contribution in [0.5, 0.6) is 5.75 Å². The van der Waals surface area contributed by atoms with Crippen LogP contribution in [0.4, 0.5) is 23.7 Å². The van der Waals surface area contributed by atoms with Gasteiger partial charge in [-0.05, 0) is 66.5 Å². The van der Waals surface area contributed by atoms with Crippen LogP contribution in [-0.2, 0) is 20.5 Å². The Kier molecular flexibility index (Phi) is 9.73. The molecule has 1 saturated heterocycles. The van der Waals surface area contributed by atoms with E-state index in [1.165, 1.54) is 28.5 Å². The van der Waals surface area contributed by atoms with Crippen molar-refractivity contribution in [3.05, 3.63) is 23.3 Å². The summed E-state index contributed by atoms with van der Waals surface area (Å²) < 4.78 is 54.3. The monoisotopic (exact) mass is 598 g/mol. The fourth-order valence-corrected chi connectivity index (χ4v) is 5.10. The van der Waals surface area contributed by atoms with E-state index < -0.39 is 52.5 Å². The van der Waals surface area contributed by atoms with Gasteiger partial charge >= 0.3 is 12.3 Å². The van der Waals surface area contributed by atoms with Gasteiger partial charge in [0.2, 0.25) is 5.91 Å². The first-order chi connectivity index (χ1) is 19.4. The molecule has 13 heteroatoms. The van der Waals surface area contributed by atoms with Crippen LogP contribution in [0.15, 0.2) is 12.1 Å². The molecule has 0 saturated carbocycles. The Morgan fingerprint density at radius 2 is 1.83 bits per heavy atom. The van der Waals surface area contributed by atoms with E-state index in [9.17, 15) is 32.3 Å². The van der Waals surface area contributed by atoms with Gasteiger partial charge in [-0.2, -0.15) is 13.2 Å². The van der Waals surface area contributed by atoms with Gasteiger partial charge in [0.05, 0.1) is 16.8 Å². The van der Waals surface area contributed by atoms with Gasteiger partial charge in [-0.1, -0.05) is 6.92 Å². The minimum absolute atomic E-state index is 0.0106. The summed E-state index contributed by atoms with van der Waals surface area (Å²) in [7, 11) is 0. The van der Waals surface area contributed by atoms with Crippen molar-refractivity contribution in [3.63, 3.8) is 0 Å². The highest BCUT2D eigenvalue weighted by atomic mass is 19.4. The third-order valence-electron chi connectivity index (χ3n) is 7.12. The number of carbonyl (C=O) groups is 4. The second-order valence-corrected chi connectivity index (χ2v) is 11.9. The topological polar surface area (TPSA) is 108 Å². The van der Waals surface area contributed by atoms with Gasteiger partial charge in [0, 0.05) is 45.2 Å². The zero-order valence-electron chi connectivity index (χ0n) is 25.3. The van der Waals surface area contributed by atoms with Gasteiger partial charge in [0.1, 0.15) is 11.4 Å². The summed E-state index contributed by atoms with van der Waals surface area (Å²) in [6.07, 6.45) is -4.19. The predicted octanol–water partition coefficient (Wildman–Crippen LogP) is 4.60. The lowest BCUT2D eigenvalue weighted by Gasteiger charge is -2.41. The van der Waals surface area contributed by atoms with E-state index in [0.29, 0.717) is 19.4 Å². The predicted molar refractivity (Wildman–Crippen MR) is 149 cm³/mol. The summed E-state index contributed by atoms with van der Waals surface area (Å²) in [6.45, 7) is 12.1. The number of amides is 4. The number of nitrogens with one attached hydrogen (secondary N) is 1. The molecule has 1 fully saturated rings. The Morgan fingerprint density at radius 3 is 2.40 bits per heavy atom. The van der Waals surface area contributed by atoms with E-state index in [-0.39, 0.29) is 49.9 Å². The van der Waals surface area contributed by atoms with E-state index in [2.05, 4.69) is 5.32 Å². The first-order valence-corrected chi connectivity index (χ1v) is 14.2. The number of benzene rings is 1. The number of hydrogen-bond donors (Lipinski definition) is 1. The molecule has 234 valence electrons. The van der Waals surface area contributed by atoms with E-state index >= 15 is 0 Å². The number of carbonyl (C=O) groups excluding carboxylic acids is 4. The largest absolute Gasteiger partial charge is 0.476 e. The Morgan fingerprint density at radius 1 is 1.17 bits per heavy atom. The van der Waals surface area contributed by atoms with Gasteiger partial charge in [-0.15, -0.1) is 0 Å². The zero-order chi connectivity index (χ0) is 31.6. The number of likely N-dealkylation sites (tertiary alicyclic amines) is 1. The third kappa shape index (κ3) is 7.46. The van der Waals surface area contributed by atoms with Crippen molar-refractivity contribution < 1.29 is 41.8 Å².